The van der Waals surface area contributed by atoms with Crippen LogP contribution < -0.4 is 23.7 Å². The van der Waals surface area contributed by atoms with Gasteiger partial charge in [-0.1, -0.05) is 23.3 Å². The van der Waals surface area contributed by atoms with Crippen LogP contribution in [0.3, 0.4) is 0 Å². The SMILES string of the molecule is COc1ccc([C@H]2c3c(cc(OC)c(OC)c3OC)C[C@H]3COC(=O)[C@@H]32)cc1OC/C=C(\C)CCC=C(C)C. The maximum absolute atomic E-state index is 13.1. The van der Waals surface area contributed by atoms with Gasteiger partial charge in [-0.25, -0.2) is 0 Å². The van der Waals surface area contributed by atoms with E-state index in [0.717, 1.165) is 29.5 Å². The van der Waals surface area contributed by atoms with E-state index < -0.39 is 0 Å². The number of allylic oxidation sites excluding steroid dienone is 3. The molecular formula is C32H40O7. The number of hydrogen-bond acceptors (Lipinski definition) is 7. The molecule has 2 aliphatic rings. The predicted octanol–water partition coefficient (Wildman–Crippen LogP) is 6.27. The number of hydrogen-bond donors (Lipinski definition) is 0. The molecule has 39 heavy (non-hydrogen) atoms. The van der Waals surface area contributed by atoms with Crippen molar-refractivity contribution in [3.63, 3.8) is 0 Å². The number of esters is 1. The van der Waals surface area contributed by atoms with Crippen LogP contribution in [0.2, 0.25) is 0 Å². The number of carbonyl (C=O) groups excluding carboxylic acids is 1. The van der Waals surface area contributed by atoms with E-state index in [1.807, 2.05) is 24.3 Å². The summed E-state index contributed by atoms with van der Waals surface area (Å²) in [6.45, 7) is 7.16. The molecule has 2 aromatic rings. The van der Waals surface area contributed by atoms with Crippen LogP contribution >= 0.6 is 0 Å². The first-order valence-corrected chi connectivity index (χ1v) is 13.4. The number of ether oxygens (including phenoxy) is 6. The number of rotatable bonds is 11. The zero-order valence-electron chi connectivity index (χ0n) is 24.1. The molecule has 2 aromatic carbocycles. The maximum Gasteiger partial charge on any atom is 0.310 e. The molecule has 4 rings (SSSR count). The van der Waals surface area contributed by atoms with Crippen molar-refractivity contribution in [3.8, 4) is 28.7 Å². The second-order valence-electron chi connectivity index (χ2n) is 10.4. The Labute approximate surface area is 231 Å². The highest BCUT2D eigenvalue weighted by Gasteiger charge is 2.49. The molecule has 210 valence electrons. The molecule has 0 aromatic heterocycles. The Morgan fingerprint density at radius 1 is 0.923 bits per heavy atom. The third kappa shape index (κ3) is 5.87. The van der Waals surface area contributed by atoms with Gasteiger partial charge in [0.15, 0.2) is 23.0 Å². The minimum absolute atomic E-state index is 0.0515. The molecule has 7 heteroatoms. The molecule has 1 heterocycles. The van der Waals surface area contributed by atoms with Crippen molar-refractivity contribution in [3.05, 3.63) is 64.3 Å². The van der Waals surface area contributed by atoms with E-state index in [2.05, 4.69) is 32.9 Å². The van der Waals surface area contributed by atoms with Gasteiger partial charge in [0.2, 0.25) is 5.75 Å². The van der Waals surface area contributed by atoms with E-state index in [1.165, 1.54) is 11.1 Å². The standard InChI is InChI=1S/C32H40O7/c1-19(2)9-8-10-20(3)13-14-38-25-16-21(11-12-24(25)34-4)27-28-22(15-23-18-39-32(33)29(23)27)17-26(35-5)30(36-6)31(28)37-7/h9,11-13,16-17,23,27,29H,8,10,14-15,18H2,1-7H3/b20-13+/t23-,27-,29-/m0/s1. The van der Waals surface area contributed by atoms with Gasteiger partial charge in [-0.3, -0.25) is 4.79 Å². The summed E-state index contributed by atoms with van der Waals surface area (Å²) in [5.74, 6) is 2.14. The highest BCUT2D eigenvalue weighted by Crippen LogP contribution is 2.55. The van der Waals surface area contributed by atoms with Crippen molar-refractivity contribution < 1.29 is 33.2 Å². The van der Waals surface area contributed by atoms with Gasteiger partial charge in [0, 0.05) is 17.4 Å². The predicted molar refractivity (Wildman–Crippen MR) is 150 cm³/mol. The molecule has 3 atom stereocenters. The van der Waals surface area contributed by atoms with Crippen molar-refractivity contribution in [1.29, 1.82) is 0 Å². The molecule has 7 nitrogen and oxygen atoms in total. The zero-order chi connectivity index (χ0) is 28.1. The number of cyclic esters (lactones) is 1. The molecule has 1 fully saturated rings. The Bertz CT molecular complexity index is 1260. The number of methoxy groups -OCH3 is 4. The van der Waals surface area contributed by atoms with Crippen LogP contribution in [0.15, 0.2) is 47.6 Å². The highest BCUT2D eigenvalue weighted by atomic mass is 16.5. The topological polar surface area (TPSA) is 72.5 Å². The molecule has 0 spiro atoms. The third-order valence-electron chi connectivity index (χ3n) is 7.63. The van der Waals surface area contributed by atoms with Crippen LogP contribution in [0.1, 0.15) is 56.2 Å². The van der Waals surface area contributed by atoms with Crippen molar-refractivity contribution in [2.75, 3.05) is 41.7 Å². The first-order valence-electron chi connectivity index (χ1n) is 13.4. The summed E-state index contributed by atoms with van der Waals surface area (Å²) >= 11 is 0. The molecule has 0 N–H and O–H groups in total. The largest absolute Gasteiger partial charge is 0.493 e. The maximum atomic E-state index is 13.1. The Morgan fingerprint density at radius 3 is 2.33 bits per heavy atom. The fraction of sp³-hybridized carbons (Fsp3) is 0.469. The molecule has 1 saturated heterocycles. The van der Waals surface area contributed by atoms with E-state index in [4.69, 9.17) is 28.4 Å². The Kier molecular flexibility index (Phi) is 9.10. The lowest BCUT2D eigenvalue weighted by Crippen LogP contribution is -2.32. The lowest BCUT2D eigenvalue weighted by Gasteiger charge is -2.35. The van der Waals surface area contributed by atoms with Gasteiger partial charge in [-0.05, 0) is 75.4 Å². The summed E-state index contributed by atoms with van der Waals surface area (Å²) in [7, 11) is 6.44. The summed E-state index contributed by atoms with van der Waals surface area (Å²) in [5, 5.41) is 0. The van der Waals surface area contributed by atoms with Crippen LogP contribution in [0.5, 0.6) is 28.7 Å². The Balaban J connectivity index is 1.74. The van der Waals surface area contributed by atoms with E-state index in [-0.39, 0.29) is 23.7 Å². The molecule has 0 radical (unpaired) electrons. The quantitative estimate of drug-likeness (QED) is 0.248. The van der Waals surface area contributed by atoms with Gasteiger partial charge in [0.25, 0.3) is 0 Å². The van der Waals surface area contributed by atoms with Gasteiger partial charge in [-0.2, -0.15) is 0 Å². The summed E-state index contributed by atoms with van der Waals surface area (Å²) in [5.41, 5.74) is 5.50. The zero-order valence-corrected chi connectivity index (χ0v) is 24.1. The summed E-state index contributed by atoms with van der Waals surface area (Å²) in [6, 6.07) is 7.85. The van der Waals surface area contributed by atoms with Crippen LogP contribution in [0.25, 0.3) is 0 Å². The smallest absolute Gasteiger partial charge is 0.310 e. The summed E-state index contributed by atoms with van der Waals surface area (Å²) < 4.78 is 34.6. The first kappa shape index (κ1) is 28.4. The van der Waals surface area contributed by atoms with Crippen LogP contribution in [-0.2, 0) is 16.0 Å². The monoisotopic (exact) mass is 536 g/mol. The highest BCUT2D eigenvalue weighted by molar-refractivity contribution is 5.79. The van der Waals surface area contributed by atoms with Crippen molar-refractivity contribution in [1.82, 2.24) is 0 Å². The molecule has 1 aliphatic heterocycles. The molecule has 0 amide bonds. The fourth-order valence-corrected chi connectivity index (χ4v) is 5.71. The average Bonchev–Trinajstić information content (AvgIpc) is 3.30. The minimum atomic E-state index is -0.344. The van der Waals surface area contributed by atoms with Crippen LogP contribution in [0.4, 0.5) is 0 Å². The lowest BCUT2D eigenvalue weighted by atomic mass is 9.67. The second kappa shape index (κ2) is 12.5. The van der Waals surface area contributed by atoms with E-state index in [1.54, 1.807) is 28.4 Å². The van der Waals surface area contributed by atoms with Crippen molar-refractivity contribution >= 4 is 5.97 Å². The lowest BCUT2D eigenvalue weighted by molar-refractivity contribution is -0.141. The minimum Gasteiger partial charge on any atom is -0.493 e. The summed E-state index contributed by atoms with van der Waals surface area (Å²) in [6.07, 6.45) is 7.04. The molecule has 1 aliphatic carbocycles. The normalized spacial score (nSPS) is 19.9. The third-order valence-corrected chi connectivity index (χ3v) is 7.63. The number of carbonyl (C=O) groups is 1. The van der Waals surface area contributed by atoms with Gasteiger partial charge in [0.05, 0.1) is 41.0 Å². The molecular weight excluding hydrogens is 496 g/mol. The average molecular weight is 537 g/mol. The Morgan fingerprint density at radius 2 is 1.67 bits per heavy atom. The van der Waals surface area contributed by atoms with Gasteiger partial charge in [0.1, 0.15) is 6.61 Å². The van der Waals surface area contributed by atoms with Gasteiger partial charge >= 0.3 is 5.97 Å². The first-order chi connectivity index (χ1) is 18.8. The summed E-state index contributed by atoms with van der Waals surface area (Å²) in [4.78, 5) is 13.1. The van der Waals surface area contributed by atoms with E-state index in [9.17, 15) is 4.79 Å². The van der Waals surface area contributed by atoms with Crippen molar-refractivity contribution in [2.45, 2.75) is 46.0 Å². The number of fused-ring (bicyclic) bond motifs is 2. The van der Waals surface area contributed by atoms with Crippen LogP contribution in [-0.4, -0.2) is 47.6 Å². The molecule has 0 saturated carbocycles. The molecule has 0 bridgehead atoms. The van der Waals surface area contributed by atoms with E-state index in [0.29, 0.717) is 48.4 Å². The van der Waals surface area contributed by atoms with Crippen molar-refractivity contribution in [2.24, 2.45) is 11.8 Å². The fourth-order valence-electron chi connectivity index (χ4n) is 5.71. The van der Waals surface area contributed by atoms with E-state index >= 15 is 0 Å². The number of benzene rings is 2. The second-order valence-corrected chi connectivity index (χ2v) is 10.4. The van der Waals surface area contributed by atoms with Gasteiger partial charge < -0.3 is 28.4 Å². The Hall–Kier alpha value is -3.61. The van der Waals surface area contributed by atoms with Crippen LogP contribution in [0, 0.1) is 11.8 Å². The van der Waals surface area contributed by atoms with Gasteiger partial charge in [-0.15, -0.1) is 0 Å². The molecule has 0 unspecified atom stereocenters.